The molecular weight excluding hydrogens is 351 g/mol. The first-order valence-corrected chi connectivity index (χ1v) is 10.8. The van der Waals surface area contributed by atoms with E-state index < -0.39 is 0 Å². The summed E-state index contributed by atoms with van der Waals surface area (Å²) >= 11 is 0. The van der Waals surface area contributed by atoms with E-state index >= 15 is 0 Å². The van der Waals surface area contributed by atoms with Crippen LogP contribution in [0.5, 0.6) is 0 Å². The summed E-state index contributed by atoms with van der Waals surface area (Å²) in [6, 6.07) is 6.72. The molecule has 156 valence electrons. The standard InChI is InChI=1S/C24H37FN2O/c1-4-5-6-7-8-10-21-11-9-12-22(19-20-13-15-23(25)16-14-20)24(21)26-28-18-17-27(2)3/h13-16,19,26H,4-12,17-18H2,1-3H3. The molecule has 1 N–H and O–H groups in total. The van der Waals surface area contributed by atoms with Gasteiger partial charge in [0.05, 0.1) is 12.3 Å². The van der Waals surface area contributed by atoms with Crippen LogP contribution < -0.4 is 5.48 Å². The van der Waals surface area contributed by atoms with Gasteiger partial charge in [-0.15, -0.1) is 0 Å². The van der Waals surface area contributed by atoms with Gasteiger partial charge in [0, 0.05) is 6.54 Å². The van der Waals surface area contributed by atoms with Crippen LogP contribution in [0.25, 0.3) is 6.08 Å². The maximum absolute atomic E-state index is 13.2. The Hall–Kier alpha value is -1.65. The zero-order valence-corrected chi connectivity index (χ0v) is 17.9. The molecule has 0 amide bonds. The average molecular weight is 389 g/mol. The number of hydroxylamine groups is 1. The van der Waals surface area contributed by atoms with Crippen LogP contribution in [0.15, 0.2) is 41.1 Å². The fraction of sp³-hybridized carbons (Fsp3) is 0.583. The lowest BCUT2D eigenvalue weighted by atomic mass is 9.88. The topological polar surface area (TPSA) is 24.5 Å². The molecule has 0 aromatic heterocycles. The van der Waals surface area contributed by atoms with Gasteiger partial charge in [-0.1, -0.05) is 44.7 Å². The minimum absolute atomic E-state index is 0.195. The Morgan fingerprint density at radius 2 is 1.82 bits per heavy atom. The van der Waals surface area contributed by atoms with E-state index in [-0.39, 0.29) is 5.82 Å². The summed E-state index contributed by atoms with van der Waals surface area (Å²) in [6.07, 6.45) is 13.1. The third-order valence-corrected chi connectivity index (χ3v) is 5.21. The average Bonchev–Trinajstić information content (AvgIpc) is 2.68. The summed E-state index contributed by atoms with van der Waals surface area (Å²) in [5.41, 5.74) is 8.21. The molecule has 3 nitrogen and oxygen atoms in total. The maximum atomic E-state index is 13.2. The van der Waals surface area contributed by atoms with Gasteiger partial charge >= 0.3 is 0 Å². The number of nitrogens with zero attached hydrogens (tertiary/aromatic N) is 1. The number of allylic oxidation sites excluding steroid dienone is 2. The summed E-state index contributed by atoms with van der Waals surface area (Å²) in [4.78, 5) is 7.91. The van der Waals surface area contributed by atoms with Crippen molar-refractivity contribution in [1.29, 1.82) is 0 Å². The van der Waals surface area contributed by atoms with Gasteiger partial charge in [-0.3, -0.25) is 10.3 Å². The van der Waals surface area contributed by atoms with Gasteiger partial charge in [-0.05, 0) is 81.1 Å². The number of hydrogen-bond acceptors (Lipinski definition) is 3. The van der Waals surface area contributed by atoms with Crippen LogP contribution in [-0.2, 0) is 4.84 Å². The van der Waals surface area contributed by atoms with Crippen molar-refractivity contribution < 1.29 is 9.23 Å². The zero-order valence-electron chi connectivity index (χ0n) is 17.9. The molecule has 0 aliphatic heterocycles. The molecule has 0 spiro atoms. The van der Waals surface area contributed by atoms with Crippen molar-refractivity contribution in [3.63, 3.8) is 0 Å². The fourth-order valence-corrected chi connectivity index (χ4v) is 3.55. The highest BCUT2D eigenvalue weighted by molar-refractivity contribution is 5.59. The first kappa shape index (κ1) is 22.6. The minimum Gasteiger partial charge on any atom is -0.307 e. The van der Waals surface area contributed by atoms with E-state index in [1.165, 1.54) is 61.8 Å². The molecule has 0 unspecified atom stereocenters. The predicted octanol–water partition coefficient (Wildman–Crippen LogP) is 6.09. The van der Waals surface area contributed by atoms with Gasteiger partial charge in [-0.2, -0.15) is 0 Å². The Labute approximate surface area is 170 Å². The molecule has 1 aromatic carbocycles. The van der Waals surface area contributed by atoms with Gasteiger partial charge in [0.15, 0.2) is 0 Å². The van der Waals surface area contributed by atoms with E-state index in [0.29, 0.717) is 6.61 Å². The molecule has 0 fully saturated rings. The molecule has 0 saturated heterocycles. The van der Waals surface area contributed by atoms with Gasteiger partial charge in [0.2, 0.25) is 0 Å². The van der Waals surface area contributed by atoms with Gasteiger partial charge in [-0.25, -0.2) is 4.39 Å². The van der Waals surface area contributed by atoms with Crippen LogP contribution in [-0.4, -0.2) is 32.1 Å². The van der Waals surface area contributed by atoms with Crippen molar-refractivity contribution in [1.82, 2.24) is 10.4 Å². The molecule has 0 heterocycles. The molecule has 1 aliphatic rings. The molecule has 0 atom stereocenters. The van der Waals surface area contributed by atoms with Gasteiger partial charge < -0.3 is 4.90 Å². The van der Waals surface area contributed by atoms with Crippen molar-refractivity contribution >= 4 is 6.08 Å². The summed E-state index contributed by atoms with van der Waals surface area (Å²) in [7, 11) is 4.09. The highest BCUT2D eigenvalue weighted by Crippen LogP contribution is 2.32. The lowest BCUT2D eigenvalue weighted by Crippen LogP contribution is -2.25. The first-order chi connectivity index (χ1) is 13.6. The summed E-state index contributed by atoms with van der Waals surface area (Å²) in [6.45, 7) is 3.77. The van der Waals surface area contributed by atoms with Crippen LogP contribution in [0.4, 0.5) is 4.39 Å². The smallest absolute Gasteiger partial charge is 0.123 e. The SMILES string of the molecule is CCCCCCCC1=C(NOCCN(C)C)C(=Cc2ccc(F)cc2)CCC1. The molecule has 0 radical (unpaired) electrons. The summed E-state index contributed by atoms with van der Waals surface area (Å²) in [5.74, 6) is -0.195. The van der Waals surface area contributed by atoms with Crippen LogP contribution >= 0.6 is 0 Å². The maximum Gasteiger partial charge on any atom is 0.123 e. The Balaban J connectivity index is 2.10. The van der Waals surface area contributed by atoms with E-state index in [1.54, 1.807) is 0 Å². The number of benzene rings is 1. The second-order valence-electron chi connectivity index (χ2n) is 7.97. The van der Waals surface area contributed by atoms with Crippen LogP contribution in [0.2, 0.25) is 0 Å². The Morgan fingerprint density at radius 3 is 2.54 bits per heavy atom. The predicted molar refractivity (Wildman–Crippen MR) is 116 cm³/mol. The lowest BCUT2D eigenvalue weighted by molar-refractivity contribution is 0.0523. The van der Waals surface area contributed by atoms with Gasteiger partial charge in [0.25, 0.3) is 0 Å². The van der Waals surface area contributed by atoms with E-state index in [2.05, 4.69) is 23.4 Å². The molecule has 2 rings (SSSR count). The third-order valence-electron chi connectivity index (χ3n) is 5.21. The largest absolute Gasteiger partial charge is 0.307 e. The Kier molecular flexibility index (Phi) is 10.3. The molecule has 28 heavy (non-hydrogen) atoms. The number of hydrogen-bond donors (Lipinski definition) is 1. The second-order valence-corrected chi connectivity index (χ2v) is 7.97. The monoisotopic (exact) mass is 388 g/mol. The molecule has 1 aliphatic carbocycles. The van der Waals surface area contributed by atoms with Crippen LogP contribution in [0.3, 0.4) is 0 Å². The van der Waals surface area contributed by atoms with Crippen LogP contribution in [0.1, 0.15) is 70.3 Å². The number of rotatable bonds is 12. The number of nitrogens with one attached hydrogen (secondary N) is 1. The van der Waals surface area contributed by atoms with E-state index in [4.69, 9.17) is 4.84 Å². The van der Waals surface area contributed by atoms with Crippen molar-refractivity contribution in [3.8, 4) is 0 Å². The molecule has 0 bridgehead atoms. The Bertz CT molecular complexity index is 635. The van der Waals surface area contributed by atoms with E-state index in [1.807, 2.05) is 26.2 Å². The highest BCUT2D eigenvalue weighted by Gasteiger charge is 2.18. The quantitative estimate of drug-likeness (QED) is 0.346. The number of unbranched alkanes of at least 4 members (excludes halogenated alkanes) is 4. The van der Waals surface area contributed by atoms with Crippen molar-refractivity contribution in [2.24, 2.45) is 0 Å². The normalized spacial score (nSPS) is 16.2. The third kappa shape index (κ3) is 8.15. The minimum atomic E-state index is -0.195. The highest BCUT2D eigenvalue weighted by atomic mass is 19.1. The van der Waals surface area contributed by atoms with E-state index in [9.17, 15) is 4.39 Å². The molecular formula is C24H37FN2O. The zero-order chi connectivity index (χ0) is 20.2. The van der Waals surface area contributed by atoms with Crippen molar-refractivity contribution in [2.75, 3.05) is 27.2 Å². The van der Waals surface area contributed by atoms with Gasteiger partial charge in [0.1, 0.15) is 5.82 Å². The van der Waals surface area contributed by atoms with E-state index in [0.717, 1.165) is 37.1 Å². The summed E-state index contributed by atoms with van der Waals surface area (Å²) < 4.78 is 13.2. The molecule has 0 saturated carbocycles. The number of halogens is 1. The lowest BCUT2D eigenvalue weighted by Gasteiger charge is -2.25. The molecule has 4 heteroatoms. The fourth-order valence-electron chi connectivity index (χ4n) is 3.55. The molecule has 1 aromatic rings. The van der Waals surface area contributed by atoms with Crippen molar-refractivity contribution in [2.45, 2.75) is 64.7 Å². The Morgan fingerprint density at radius 1 is 1.07 bits per heavy atom. The summed E-state index contributed by atoms with van der Waals surface area (Å²) in [5, 5.41) is 0. The number of likely N-dealkylation sites (N-methyl/N-ethyl adjacent to an activating group) is 1. The van der Waals surface area contributed by atoms with Crippen molar-refractivity contribution in [3.05, 3.63) is 52.5 Å². The first-order valence-electron chi connectivity index (χ1n) is 10.8. The van der Waals surface area contributed by atoms with Crippen LogP contribution in [0, 0.1) is 5.82 Å². The second kappa shape index (κ2) is 12.7.